The zero-order valence-corrected chi connectivity index (χ0v) is 16.2. The number of benzene rings is 2. The topological polar surface area (TPSA) is 38.3 Å². The number of hydrogen-bond acceptors (Lipinski definition) is 3. The van der Waals surface area contributed by atoms with Crippen LogP contribution in [0.15, 0.2) is 56.3 Å². The van der Waals surface area contributed by atoms with E-state index in [-0.39, 0.29) is 11.9 Å². The van der Waals surface area contributed by atoms with Gasteiger partial charge in [-0.1, -0.05) is 31.9 Å². The second-order valence-electron chi connectivity index (χ2n) is 5.18. The first-order chi connectivity index (χ1) is 11.1. The van der Waals surface area contributed by atoms with Gasteiger partial charge in [0.2, 0.25) is 5.91 Å². The highest BCUT2D eigenvalue weighted by Gasteiger charge is 2.23. The normalized spacial score (nSPS) is 16.3. The highest BCUT2D eigenvalue weighted by Crippen LogP contribution is 2.34. The maximum absolute atomic E-state index is 12.3. The minimum absolute atomic E-state index is 0.00858. The van der Waals surface area contributed by atoms with Gasteiger partial charge in [0.25, 0.3) is 0 Å². The lowest BCUT2D eigenvalue weighted by molar-refractivity contribution is -0.119. The Hall–Kier alpha value is -0.980. The van der Waals surface area contributed by atoms with Crippen LogP contribution in [0.25, 0.3) is 0 Å². The number of amides is 1. The summed E-state index contributed by atoms with van der Waals surface area (Å²) >= 11 is 8.42. The summed E-state index contributed by atoms with van der Waals surface area (Å²) in [7, 11) is 0. The van der Waals surface area contributed by atoms with E-state index in [2.05, 4.69) is 37.2 Å². The Balaban J connectivity index is 1.60. The molecule has 1 heterocycles. The molecule has 120 valence electrons. The number of fused-ring (bicyclic) bond motifs is 1. The fourth-order valence-corrected chi connectivity index (χ4v) is 3.78. The summed E-state index contributed by atoms with van der Waals surface area (Å²) in [6, 6.07) is 13.9. The number of halogens is 2. The van der Waals surface area contributed by atoms with Crippen LogP contribution in [-0.4, -0.2) is 18.3 Å². The van der Waals surface area contributed by atoms with E-state index in [1.54, 1.807) is 0 Å². The lowest BCUT2D eigenvalue weighted by Crippen LogP contribution is -2.33. The van der Waals surface area contributed by atoms with Crippen LogP contribution < -0.4 is 10.1 Å². The molecule has 3 nitrogen and oxygen atoms in total. The van der Waals surface area contributed by atoms with Gasteiger partial charge in [0, 0.05) is 25.8 Å². The molecule has 0 fully saturated rings. The molecule has 0 spiro atoms. The number of rotatable bonds is 4. The maximum Gasteiger partial charge on any atom is 0.230 e. The van der Waals surface area contributed by atoms with Crippen molar-refractivity contribution in [2.75, 3.05) is 12.4 Å². The quantitative estimate of drug-likeness (QED) is 0.662. The van der Waals surface area contributed by atoms with E-state index in [0.29, 0.717) is 12.4 Å². The molecule has 0 aliphatic carbocycles. The Kier molecular flexibility index (Phi) is 5.67. The maximum atomic E-state index is 12.3. The number of nitrogens with one attached hydrogen (secondary N) is 1. The van der Waals surface area contributed by atoms with Crippen molar-refractivity contribution in [3.05, 3.63) is 57.0 Å². The van der Waals surface area contributed by atoms with Crippen LogP contribution in [0.2, 0.25) is 0 Å². The summed E-state index contributed by atoms with van der Waals surface area (Å²) in [6.07, 6.45) is 0.790. The molecule has 0 radical (unpaired) electrons. The third-order valence-electron chi connectivity index (χ3n) is 3.53. The van der Waals surface area contributed by atoms with Crippen molar-refractivity contribution in [2.45, 2.75) is 17.4 Å². The number of hydrogen-bond donors (Lipinski definition) is 1. The summed E-state index contributed by atoms with van der Waals surface area (Å²) in [5, 5.41) is 3.11. The summed E-state index contributed by atoms with van der Waals surface area (Å²) in [5.41, 5.74) is 1.03. The van der Waals surface area contributed by atoms with E-state index >= 15 is 0 Å². The van der Waals surface area contributed by atoms with E-state index in [1.807, 2.05) is 42.5 Å². The number of thioether (sulfide) groups is 1. The van der Waals surface area contributed by atoms with E-state index in [0.717, 1.165) is 31.6 Å². The van der Waals surface area contributed by atoms with Gasteiger partial charge in [-0.05, 0) is 42.5 Å². The van der Waals surface area contributed by atoms with Crippen LogP contribution in [0.3, 0.4) is 0 Å². The molecule has 0 bridgehead atoms. The van der Waals surface area contributed by atoms with E-state index < -0.39 is 0 Å². The molecule has 1 N–H and O–H groups in total. The first-order valence-electron chi connectivity index (χ1n) is 7.22. The molecule has 0 aromatic heterocycles. The first-order valence-corrected chi connectivity index (χ1v) is 9.79. The van der Waals surface area contributed by atoms with Crippen molar-refractivity contribution in [3.8, 4) is 5.75 Å². The van der Waals surface area contributed by atoms with Crippen molar-refractivity contribution in [3.63, 3.8) is 0 Å². The Morgan fingerprint density at radius 3 is 2.70 bits per heavy atom. The Morgan fingerprint density at radius 1 is 1.17 bits per heavy atom. The predicted molar refractivity (Wildman–Crippen MR) is 100 cm³/mol. The minimum Gasteiger partial charge on any atom is -0.493 e. The molecule has 0 saturated carbocycles. The van der Waals surface area contributed by atoms with Crippen LogP contribution in [0, 0.1) is 0 Å². The highest BCUT2D eigenvalue weighted by molar-refractivity contribution is 9.10. The number of carbonyl (C=O) groups is 1. The van der Waals surface area contributed by atoms with Crippen molar-refractivity contribution in [2.24, 2.45) is 0 Å². The predicted octanol–water partition coefficient (Wildman–Crippen LogP) is 4.94. The Bertz CT molecular complexity index is 706. The number of carbonyl (C=O) groups excluding carboxylic acids is 1. The van der Waals surface area contributed by atoms with Crippen LogP contribution in [0.4, 0.5) is 0 Å². The highest BCUT2D eigenvalue weighted by atomic mass is 79.9. The fraction of sp³-hybridized carbons (Fsp3) is 0.235. The van der Waals surface area contributed by atoms with Gasteiger partial charge in [-0.15, -0.1) is 11.8 Å². The standard InChI is InChI=1S/C17H15Br2NO2S/c18-11-1-4-13(5-2-11)23-10-17(21)20-15-7-8-22-16-6-3-12(19)9-14(15)16/h1-6,9,15H,7-8,10H2,(H,20,21). The zero-order chi connectivity index (χ0) is 16.2. The summed E-state index contributed by atoms with van der Waals surface area (Å²) in [4.78, 5) is 13.3. The van der Waals surface area contributed by atoms with Crippen LogP contribution in [-0.2, 0) is 4.79 Å². The van der Waals surface area contributed by atoms with Crippen molar-refractivity contribution >= 4 is 49.5 Å². The molecule has 3 rings (SSSR count). The molecule has 23 heavy (non-hydrogen) atoms. The van der Waals surface area contributed by atoms with Gasteiger partial charge in [0.05, 0.1) is 18.4 Å². The van der Waals surface area contributed by atoms with Gasteiger partial charge in [-0.25, -0.2) is 0 Å². The molecule has 1 unspecified atom stereocenters. The van der Waals surface area contributed by atoms with Crippen LogP contribution >= 0.6 is 43.6 Å². The van der Waals surface area contributed by atoms with E-state index in [4.69, 9.17) is 4.74 Å². The lowest BCUT2D eigenvalue weighted by Gasteiger charge is -2.27. The molecule has 0 saturated heterocycles. The summed E-state index contributed by atoms with van der Waals surface area (Å²) < 4.78 is 7.68. The van der Waals surface area contributed by atoms with E-state index in [9.17, 15) is 4.79 Å². The molecule has 2 aromatic carbocycles. The zero-order valence-electron chi connectivity index (χ0n) is 12.2. The van der Waals surface area contributed by atoms with Gasteiger partial charge < -0.3 is 10.1 Å². The molecule has 2 aromatic rings. The average molecular weight is 457 g/mol. The SMILES string of the molecule is O=C(CSc1ccc(Br)cc1)NC1CCOc2ccc(Br)cc21. The molecule has 1 amide bonds. The smallest absolute Gasteiger partial charge is 0.230 e. The molecule has 1 atom stereocenters. The monoisotopic (exact) mass is 455 g/mol. The van der Waals surface area contributed by atoms with Crippen LogP contribution in [0.1, 0.15) is 18.0 Å². The Labute approximate surface area is 156 Å². The molecule has 6 heteroatoms. The Morgan fingerprint density at radius 2 is 1.91 bits per heavy atom. The van der Waals surface area contributed by atoms with Gasteiger partial charge >= 0.3 is 0 Å². The fourth-order valence-electron chi connectivity index (χ4n) is 2.43. The van der Waals surface area contributed by atoms with Crippen LogP contribution in [0.5, 0.6) is 5.75 Å². The summed E-state index contributed by atoms with van der Waals surface area (Å²) in [6.45, 7) is 0.624. The van der Waals surface area contributed by atoms with E-state index in [1.165, 1.54) is 11.8 Å². The first kappa shape index (κ1) is 16.9. The van der Waals surface area contributed by atoms with Gasteiger partial charge in [-0.2, -0.15) is 0 Å². The van der Waals surface area contributed by atoms with Crippen molar-refractivity contribution < 1.29 is 9.53 Å². The third-order valence-corrected chi connectivity index (χ3v) is 5.56. The van der Waals surface area contributed by atoms with Crippen molar-refractivity contribution in [1.82, 2.24) is 5.32 Å². The number of ether oxygens (including phenoxy) is 1. The third kappa shape index (κ3) is 4.52. The van der Waals surface area contributed by atoms with Gasteiger partial charge in [-0.3, -0.25) is 4.79 Å². The largest absolute Gasteiger partial charge is 0.493 e. The lowest BCUT2D eigenvalue weighted by atomic mass is 10.0. The minimum atomic E-state index is 0.00858. The van der Waals surface area contributed by atoms with Gasteiger partial charge in [0.15, 0.2) is 0 Å². The second-order valence-corrected chi connectivity index (χ2v) is 8.06. The molecule has 1 aliphatic heterocycles. The summed E-state index contributed by atoms with van der Waals surface area (Å²) in [5.74, 6) is 1.29. The molecule has 1 aliphatic rings. The second kappa shape index (κ2) is 7.73. The molecular formula is C17H15Br2NO2S. The van der Waals surface area contributed by atoms with Gasteiger partial charge in [0.1, 0.15) is 5.75 Å². The average Bonchev–Trinajstić information content (AvgIpc) is 2.55. The van der Waals surface area contributed by atoms with Crippen molar-refractivity contribution in [1.29, 1.82) is 0 Å². The molecular weight excluding hydrogens is 442 g/mol.